The molecule has 0 saturated carbocycles. The Morgan fingerprint density at radius 3 is 2.79 bits per heavy atom. The summed E-state index contributed by atoms with van der Waals surface area (Å²) in [7, 11) is 1.64. The smallest absolute Gasteiger partial charge is 0.213 e. The molecule has 0 spiro atoms. The van der Waals surface area contributed by atoms with Crippen LogP contribution in [-0.2, 0) is 6.54 Å². The van der Waals surface area contributed by atoms with Gasteiger partial charge in [-0.1, -0.05) is 30.7 Å². The van der Waals surface area contributed by atoms with Crippen molar-refractivity contribution in [1.29, 1.82) is 0 Å². The van der Waals surface area contributed by atoms with Crippen LogP contribution in [0.2, 0.25) is 0 Å². The zero-order chi connectivity index (χ0) is 13.7. The first-order valence-corrected chi connectivity index (χ1v) is 6.55. The number of methoxy groups -OCH3 is 1. The summed E-state index contributed by atoms with van der Waals surface area (Å²) in [4.78, 5) is 4.16. The van der Waals surface area contributed by atoms with Crippen molar-refractivity contribution in [3.05, 3.63) is 47.7 Å². The Hall–Kier alpha value is -1.87. The molecule has 2 rings (SSSR count). The molecule has 0 aliphatic carbocycles. The summed E-state index contributed by atoms with van der Waals surface area (Å²) >= 11 is 0. The first kappa shape index (κ1) is 13.6. The zero-order valence-corrected chi connectivity index (χ0v) is 11.7. The normalized spacial score (nSPS) is 10.5. The predicted molar refractivity (Wildman–Crippen MR) is 78.3 cm³/mol. The van der Waals surface area contributed by atoms with Gasteiger partial charge in [0.1, 0.15) is 0 Å². The molecule has 0 atom stereocenters. The van der Waals surface area contributed by atoms with Gasteiger partial charge < -0.3 is 10.1 Å². The second-order valence-corrected chi connectivity index (χ2v) is 4.53. The van der Waals surface area contributed by atoms with Crippen LogP contribution in [-0.4, -0.2) is 18.6 Å². The Kier molecular flexibility index (Phi) is 4.53. The highest BCUT2D eigenvalue weighted by Crippen LogP contribution is 2.27. The van der Waals surface area contributed by atoms with Gasteiger partial charge in [-0.3, -0.25) is 0 Å². The van der Waals surface area contributed by atoms with Gasteiger partial charge in [0.25, 0.3) is 0 Å². The number of nitrogens with one attached hydrogen (secondary N) is 1. The predicted octanol–water partition coefficient (Wildman–Crippen LogP) is 3.18. The number of ether oxygens (including phenoxy) is 1. The number of nitrogens with zero attached hydrogens (tertiary/aromatic N) is 1. The van der Waals surface area contributed by atoms with Crippen LogP contribution in [0.3, 0.4) is 0 Å². The number of aryl methyl sites for hydroxylation is 1. The number of benzene rings is 1. The lowest BCUT2D eigenvalue weighted by molar-refractivity contribution is 0.398. The number of aromatic nitrogens is 1. The number of hydrogen-bond donors (Lipinski definition) is 1. The van der Waals surface area contributed by atoms with Gasteiger partial charge in [0.15, 0.2) is 0 Å². The van der Waals surface area contributed by atoms with Crippen LogP contribution in [0.4, 0.5) is 0 Å². The standard InChI is InChI=1S/C16H20N2O/c1-4-17-11-14-6-5-12(2)9-15(14)13-7-8-18-16(10-13)19-3/h5-10,17H,4,11H2,1-3H3. The summed E-state index contributed by atoms with van der Waals surface area (Å²) < 4.78 is 5.20. The maximum atomic E-state index is 5.20. The quantitative estimate of drug-likeness (QED) is 0.892. The van der Waals surface area contributed by atoms with Crippen molar-refractivity contribution >= 4 is 0 Å². The summed E-state index contributed by atoms with van der Waals surface area (Å²) in [6.07, 6.45) is 1.79. The van der Waals surface area contributed by atoms with Crippen molar-refractivity contribution in [2.24, 2.45) is 0 Å². The van der Waals surface area contributed by atoms with Crippen LogP contribution in [0.25, 0.3) is 11.1 Å². The molecule has 2 aromatic rings. The van der Waals surface area contributed by atoms with Gasteiger partial charge in [-0.2, -0.15) is 0 Å². The van der Waals surface area contributed by atoms with Crippen molar-refractivity contribution < 1.29 is 4.74 Å². The third kappa shape index (κ3) is 3.32. The van der Waals surface area contributed by atoms with E-state index >= 15 is 0 Å². The highest BCUT2D eigenvalue weighted by Gasteiger charge is 2.07. The largest absolute Gasteiger partial charge is 0.481 e. The van der Waals surface area contributed by atoms with Crippen molar-refractivity contribution in [2.75, 3.05) is 13.7 Å². The minimum Gasteiger partial charge on any atom is -0.481 e. The minimum absolute atomic E-state index is 0.647. The Morgan fingerprint density at radius 2 is 2.05 bits per heavy atom. The van der Waals surface area contributed by atoms with E-state index < -0.39 is 0 Å². The van der Waals surface area contributed by atoms with Gasteiger partial charge in [-0.15, -0.1) is 0 Å². The lowest BCUT2D eigenvalue weighted by atomic mass is 9.98. The van der Waals surface area contributed by atoms with E-state index in [1.807, 2.05) is 12.1 Å². The Balaban J connectivity index is 2.43. The molecule has 0 bridgehead atoms. The van der Waals surface area contributed by atoms with Crippen molar-refractivity contribution in [1.82, 2.24) is 10.3 Å². The third-order valence-electron chi connectivity index (χ3n) is 3.09. The first-order valence-electron chi connectivity index (χ1n) is 6.55. The molecule has 0 fully saturated rings. The average molecular weight is 256 g/mol. The van der Waals surface area contributed by atoms with Gasteiger partial charge in [-0.05, 0) is 36.2 Å². The molecule has 0 unspecified atom stereocenters. The Bertz CT molecular complexity index is 552. The molecule has 100 valence electrons. The van der Waals surface area contributed by atoms with E-state index in [2.05, 4.69) is 42.3 Å². The maximum absolute atomic E-state index is 5.20. The summed E-state index contributed by atoms with van der Waals surface area (Å²) in [6, 6.07) is 10.5. The second-order valence-electron chi connectivity index (χ2n) is 4.53. The van der Waals surface area contributed by atoms with Crippen molar-refractivity contribution in [3.63, 3.8) is 0 Å². The van der Waals surface area contributed by atoms with Crippen LogP contribution in [0.5, 0.6) is 5.88 Å². The van der Waals surface area contributed by atoms with E-state index in [1.165, 1.54) is 16.7 Å². The van der Waals surface area contributed by atoms with Crippen LogP contribution in [0, 0.1) is 6.92 Å². The molecule has 1 N–H and O–H groups in total. The monoisotopic (exact) mass is 256 g/mol. The van der Waals surface area contributed by atoms with E-state index in [-0.39, 0.29) is 0 Å². The summed E-state index contributed by atoms with van der Waals surface area (Å²) in [5.74, 6) is 0.647. The van der Waals surface area contributed by atoms with Gasteiger partial charge in [-0.25, -0.2) is 4.98 Å². The molecule has 3 nitrogen and oxygen atoms in total. The SMILES string of the molecule is CCNCc1ccc(C)cc1-c1ccnc(OC)c1. The highest BCUT2D eigenvalue weighted by molar-refractivity contribution is 5.68. The summed E-state index contributed by atoms with van der Waals surface area (Å²) in [6.45, 7) is 6.06. The van der Waals surface area contributed by atoms with Crippen LogP contribution in [0.15, 0.2) is 36.5 Å². The fourth-order valence-corrected chi connectivity index (χ4v) is 2.06. The molecule has 0 radical (unpaired) electrons. The van der Waals surface area contributed by atoms with E-state index in [9.17, 15) is 0 Å². The first-order chi connectivity index (χ1) is 9.24. The number of rotatable bonds is 5. The molecule has 1 aromatic heterocycles. The molecule has 19 heavy (non-hydrogen) atoms. The van der Waals surface area contributed by atoms with E-state index in [4.69, 9.17) is 4.74 Å². The molecular formula is C16H20N2O. The summed E-state index contributed by atoms with van der Waals surface area (Å²) in [5.41, 5.74) is 4.93. The second kappa shape index (κ2) is 6.34. The van der Waals surface area contributed by atoms with Crippen molar-refractivity contribution in [3.8, 4) is 17.0 Å². The minimum atomic E-state index is 0.647. The highest BCUT2D eigenvalue weighted by atomic mass is 16.5. The Labute approximate surface area is 114 Å². The molecular weight excluding hydrogens is 236 g/mol. The van der Waals surface area contributed by atoms with Gasteiger partial charge >= 0.3 is 0 Å². The number of pyridine rings is 1. The topological polar surface area (TPSA) is 34.2 Å². The van der Waals surface area contributed by atoms with E-state index in [0.717, 1.165) is 18.7 Å². The van der Waals surface area contributed by atoms with Crippen molar-refractivity contribution in [2.45, 2.75) is 20.4 Å². The fourth-order valence-electron chi connectivity index (χ4n) is 2.06. The average Bonchev–Trinajstić information content (AvgIpc) is 2.46. The molecule has 1 aromatic carbocycles. The van der Waals surface area contributed by atoms with Crippen LogP contribution >= 0.6 is 0 Å². The lowest BCUT2D eigenvalue weighted by Gasteiger charge is -2.12. The van der Waals surface area contributed by atoms with Gasteiger partial charge in [0.2, 0.25) is 5.88 Å². The number of hydrogen-bond acceptors (Lipinski definition) is 3. The molecule has 3 heteroatoms. The molecule has 0 amide bonds. The van der Waals surface area contributed by atoms with E-state index in [1.54, 1.807) is 13.3 Å². The molecule has 0 aliphatic heterocycles. The van der Waals surface area contributed by atoms with Gasteiger partial charge in [0, 0.05) is 18.8 Å². The van der Waals surface area contributed by atoms with E-state index in [0.29, 0.717) is 5.88 Å². The fraction of sp³-hybridized carbons (Fsp3) is 0.312. The van der Waals surface area contributed by atoms with Gasteiger partial charge in [0.05, 0.1) is 7.11 Å². The zero-order valence-electron chi connectivity index (χ0n) is 11.7. The molecule has 1 heterocycles. The van der Waals surface area contributed by atoms with Crippen LogP contribution in [0.1, 0.15) is 18.1 Å². The summed E-state index contributed by atoms with van der Waals surface area (Å²) in [5, 5.41) is 3.38. The Morgan fingerprint density at radius 1 is 1.21 bits per heavy atom. The van der Waals surface area contributed by atoms with Crippen LogP contribution < -0.4 is 10.1 Å². The maximum Gasteiger partial charge on any atom is 0.213 e. The lowest BCUT2D eigenvalue weighted by Crippen LogP contribution is -2.12. The molecule has 0 saturated heterocycles. The molecule has 0 aliphatic rings. The third-order valence-corrected chi connectivity index (χ3v) is 3.09.